The average molecular weight is 497 g/mol. The summed E-state index contributed by atoms with van der Waals surface area (Å²) in [6.07, 6.45) is 6.67. The van der Waals surface area contributed by atoms with E-state index in [4.69, 9.17) is 4.74 Å². The second-order valence-electron chi connectivity index (χ2n) is 9.41. The normalized spacial score (nSPS) is 15.7. The molecule has 0 saturated carbocycles. The Kier molecular flexibility index (Phi) is 10.6. The molecule has 2 aromatic rings. The minimum absolute atomic E-state index is 0.0456. The van der Waals surface area contributed by atoms with Crippen LogP contribution in [0.15, 0.2) is 54.7 Å². The summed E-state index contributed by atoms with van der Waals surface area (Å²) >= 11 is 0. The maximum atomic E-state index is 14.1. The summed E-state index contributed by atoms with van der Waals surface area (Å²) in [5.41, 5.74) is 1.70. The van der Waals surface area contributed by atoms with Gasteiger partial charge in [0.15, 0.2) is 5.78 Å². The van der Waals surface area contributed by atoms with Crippen LogP contribution in [0.1, 0.15) is 66.1 Å². The van der Waals surface area contributed by atoms with E-state index in [2.05, 4.69) is 10.2 Å². The van der Waals surface area contributed by atoms with E-state index >= 15 is 0 Å². The van der Waals surface area contributed by atoms with Crippen LogP contribution in [0.4, 0.5) is 4.39 Å². The highest BCUT2D eigenvalue weighted by molar-refractivity contribution is 5.96. The molecule has 2 N–H and O–H groups in total. The zero-order valence-electron chi connectivity index (χ0n) is 21.2. The van der Waals surface area contributed by atoms with E-state index in [-0.39, 0.29) is 23.4 Å². The fraction of sp³-hybridized carbons (Fsp3) is 0.448. The topological polar surface area (TPSA) is 78.9 Å². The summed E-state index contributed by atoms with van der Waals surface area (Å²) in [5.74, 6) is -0.0116. The molecule has 6 nitrogen and oxygen atoms in total. The van der Waals surface area contributed by atoms with E-state index in [1.165, 1.54) is 6.07 Å². The van der Waals surface area contributed by atoms with Crippen LogP contribution < -0.4 is 10.1 Å². The number of hydrogen-bond acceptors (Lipinski definition) is 5. The average Bonchev–Trinajstić information content (AvgIpc) is 3.40. The fourth-order valence-corrected chi connectivity index (χ4v) is 4.40. The molecule has 3 rings (SSSR count). The Morgan fingerprint density at radius 1 is 1.11 bits per heavy atom. The summed E-state index contributed by atoms with van der Waals surface area (Å²) in [7, 11) is 1.58. The molecule has 1 unspecified atom stereocenters. The molecular formula is C29H37FN2O4. The van der Waals surface area contributed by atoms with Gasteiger partial charge in [-0.15, -0.1) is 0 Å². The number of aliphatic hydroxyl groups is 1. The number of methoxy groups -OCH3 is 1. The highest BCUT2D eigenvalue weighted by Gasteiger charge is 2.24. The van der Waals surface area contributed by atoms with Crippen molar-refractivity contribution >= 4 is 11.7 Å². The highest BCUT2D eigenvalue weighted by Crippen LogP contribution is 2.27. The van der Waals surface area contributed by atoms with Gasteiger partial charge in [-0.2, -0.15) is 0 Å². The lowest BCUT2D eigenvalue weighted by molar-refractivity contribution is -0.120. The first kappa shape index (κ1) is 27.6. The number of nitrogens with one attached hydrogen (secondary N) is 1. The monoisotopic (exact) mass is 496 g/mol. The molecule has 0 radical (unpaired) electrons. The van der Waals surface area contributed by atoms with Crippen molar-refractivity contribution in [1.82, 2.24) is 10.2 Å². The van der Waals surface area contributed by atoms with E-state index in [1.54, 1.807) is 62.7 Å². The van der Waals surface area contributed by atoms with Crippen LogP contribution in [-0.2, 0) is 4.79 Å². The van der Waals surface area contributed by atoms with E-state index in [0.29, 0.717) is 54.7 Å². The summed E-state index contributed by atoms with van der Waals surface area (Å²) in [6.45, 7) is 4.27. The number of carbonyl (C=O) groups is 2. The van der Waals surface area contributed by atoms with E-state index in [0.717, 1.165) is 25.9 Å². The lowest BCUT2D eigenvalue weighted by atomic mass is 9.94. The Bertz CT molecular complexity index is 1030. The van der Waals surface area contributed by atoms with Gasteiger partial charge in [-0.05, 0) is 87.2 Å². The van der Waals surface area contributed by atoms with E-state index < -0.39 is 6.10 Å². The SMILES string of the molecule is COc1ccc(C(=O)CCCCC(=O)N/C=C/C(CN2CCCC2)[C@H](O)c2ccc(C)c(F)c2)cc1. The molecule has 1 aliphatic rings. The van der Waals surface area contributed by atoms with Crippen molar-refractivity contribution in [2.45, 2.75) is 51.6 Å². The van der Waals surface area contributed by atoms with Crippen LogP contribution in [0.25, 0.3) is 0 Å². The Balaban J connectivity index is 1.47. The number of halogens is 1. The predicted molar refractivity (Wildman–Crippen MR) is 138 cm³/mol. The number of rotatable bonds is 13. The minimum Gasteiger partial charge on any atom is -0.497 e. The van der Waals surface area contributed by atoms with Crippen molar-refractivity contribution in [3.8, 4) is 5.75 Å². The Hall–Kier alpha value is -3.03. The minimum atomic E-state index is -0.877. The first-order valence-corrected chi connectivity index (χ1v) is 12.7. The van der Waals surface area contributed by atoms with Crippen LogP contribution in [-0.4, -0.2) is 48.4 Å². The molecular weight excluding hydrogens is 459 g/mol. The Morgan fingerprint density at radius 2 is 1.81 bits per heavy atom. The molecule has 0 aromatic heterocycles. The van der Waals surface area contributed by atoms with Crippen LogP contribution >= 0.6 is 0 Å². The molecule has 0 bridgehead atoms. The molecule has 0 spiro atoms. The number of ether oxygens (including phenoxy) is 1. The molecule has 36 heavy (non-hydrogen) atoms. The zero-order valence-corrected chi connectivity index (χ0v) is 21.2. The second-order valence-corrected chi connectivity index (χ2v) is 9.41. The quantitative estimate of drug-likeness (QED) is 0.303. The molecule has 1 aliphatic heterocycles. The number of Topliss-reactive ketones (excluding diaryl/α,β-unsaturated/α-hetero) is 1. The first-order valence-electron chi connectivity index (χ1n) is 12.7. The second kappa shape index (κ2) is 13.9. The van der Waals surface area contributed by atoms with Gasteiger partial charge in [0.1, 0.15) is 11.6 Å². The van der Waals surface area contributed by atoms with Crippen LogP contribution in [0.2, 0.25) is 0 Å². The highest BCUT2D eigenvalue weighted by atomic mass is 19.1. The van der Waals surface area contributed by atoms with Gasteiger partial charge in [0.25, 0.3) is 0 Å². The molecule has 1 fully saturated rings. The van der Waals surface area contributed by atoms with Gasteiger partial charge in [-0.25, -0.2) is 4.39 Å². The maximum absolute atomic E-state index is 14.1. The molecule has 2 aromatic carbocycles. The summed E-state index contributed by atoms with van der Waals surface area (Å²) in [6, 6.07) is 11.8. The summed E-state index contributed by atoms with van der Waals surface area (Å²) in [4.78, 5) is 26.9. The van der Waals surface area contributed by atoms with Crippen molar-refractivity contribution in [2.24, 2.45) is 5.92 Å². The predicted octanol–water partition coefficient (Wildman–Crippen LogP) is 4.96. The third-order valence-electron chi connectivity index (χ3n) is 6.67. The number of unbranched alkanes of at least 4 members (excludes halogenated alkanes) is 1. The van der Waals surface area contributed by atoms with Crippen molar-refractivity contribution in [2.75, 3.05) is 26.7 Å². The molecule has 1 heterocycles. The molecule has 194 valence electrons. The van der Waals surface area contributed by atoms with Crippen molar-refractivity contribution < 1.29 is 23.8 Å². The number of benzene rings is 2. The molecule has 0 aliphatic carbocycles. The van der Waals surface area contributed by atoms with Crippen LogP contribution in [0.3, 0.4) is 0 Å². The van der Waals surface area contributed by atoms with E-state index in [9.17, 15) is 19.1 Å². The maximum Gasteiger partial charge on any atom is 0.223 e. The largest absolute Gasteiger partial charge is 0.497 e. The molecule has 2 atom stereocenters. The lowest BCUT2D eigenvalue weighted by Crippen LogP contribution is -2.29. The first-order chi connectivity index (χ1) is 17.4. The molecule has 1 saturated heterocycles. The van der Waals surface area contributed by atoms with Crippen molar-refractivity contribution in [3.05, 3.63) is 77.2 Å². The number of likely N-dealkylation sites (tertiary alicyclic amines) is 1. The summed E-state index contributed by atoms with van der Waals surface area (Å²) < 4.78 is 19.2. The van der Waals surface area contributed by atoms with Gasteiger partial charge in [0.05, 0.1) is 13.2 Å². The third-order valence-corrected chi connectivity index (χ3v) is 6.67. The van der Waals surface area contributed by atoms with Crippen LogP contribution in [0.5, 0.6) is 5.75 Å². The summed E-state index contributed by atoms with van der Waals surface area (Å²) in [5, 5.41) is 13.7. The zero-order chi connectivity index (χ0) is 25.9. The van der Waals surface area contributed by atoms with Crippen LogP contribution in [0, 0.1) is 18.7 Å². The van der Waals surface area contributed by atoms with Gasteiger partial charge in [0, 0.05) is 37.1 Å². The van der Waals surface area contributed by atoms with Gasteiger partial charge in [0.2, 0.25) is 5.91 Å². The van der Waals surface area contributed by atoms with Gasteiger partial charge < -0.3 is 20.1 Å². The number of aryl methyl sites for hydroxylation is 1. The lowest BCUT2D eigenvalue weighted by Gasteiger charge is -2.25. The molecule has 7 heteroatoms. The fourth-order valence-electron chi connectivity index (χ4n) is 4.40. The Labute approximate surface area is 213 Å². The Morgan fingerprint density at radius 3 is 2.47 bits per heavy atom. The number of carbonyl (C=O) groups excluding carboxylic acids is 2. The van der Waals surface area contributed by atoms with Gasteiger partial charge in [-0.1, -0.05) is 18.2 Å². The van der Waals surface area contributed by atoms with Gasteiger partial charge in [-0.3, -0.25) is 9.59 Å². The number of aliphatic hydroxyl groups excluding tert-OH is 1. The van der Waals surface area contributed by atoms with Crippen molar-refractivity contribution in [3.63, 3.8) is 0 Å². The number of hydrogen-bond donors (Lipinski definition) is 2. The smallest absolute Gasteiger partial charge is 0.223 e. The van der Waals surface area contributed by atoms with Gasteiger partial charge >= 0.3 is 0 Å². The number of nitrogens with zero attached hydrogens (tertiary/aromatic N) is 1. The standard InChI is InChI=1S/C29H37FN2O4/c1-21-9-10-23(19-26(21)30)29(35)24(20-32-17-5-6-18-32)15-16-31-28(34)8-4-3-7-27(33)22-11-13-25(36-2)14-12-22/h9-16,19,24,29,35H,3-8,17-18,20H2,1-2H3,(H,31,34)/b16-15+/t24?,29-/m1/s1. The van der Waals surface area contributed by atoms with Crippen molar-refractivity contribution in [1.29, 1.82) is 0 Å². The van der Waals surface area contributed by atoms with E-state index in [1.807, 2.05) is 0 Å². The molecule has 1 amide bonds. The number of ketones is 1. The third kappa shape index (κ3) is 8.28. The number of amides is 1.